The lowest BCUT2D eigenvalue weighted by Gasteiger charge is -2.13. The Bertz CT molecular complexity index is 1210. The van der Waals surface area contributed by atoms with Gasteiger partial charge in [-0.3, -0.25) is 15.6 Å². The van der Waals surface area contributed by atoms with E-state index in [9.17, 15) is 4.79 Å². The molecule has 0 radical (unpaired) electrons. The number of carbonyl (C=O) groups excluding carboxylic acids is 1. The lowest BCUT2D eigenvalue weighted by Crippen LogP contribution is -2.43. The number of hydrogen-bond donors (Lipinski definition) is 3. The van der Waals surface area contributed by atoms with Crippen molar-refractivity contribution in [3.05, 3.63) is 84.1 Å². The highest BCUT2D eigenvalue weighted by Crippen LogP contribution is 2.25. The van der Waals surface area contributed by atoms with Gasteiger partial charge in [-0.25, -0.2) is 4.98 Å². The summed E-state index contributed by atoms with van der Waals surface area (Å²) < 4.78 is 5.45. The predicted octanol–water partition coefficient (Wildman–Crippen LogP) is 4.69. The highest BCUT2D eigenvalue weighted by molar-refractivity contribution is 7.80. The zero-order chi connectivity index (χ0) is 20.9. The second kappa shape index (κ2) is 8.75. The number of pyridine rings is 1. The average molecular weight is 417 g/mol. The lowest BCUT2D eigenvalue weighted by molar-refractivity contribution is 0.0946. The van der Waals surface area contributed by atoms with Crippen LogP contribution in [0.2, 0.25) is 0 Å². The molecule has 0 unspecified atom stereocenters. The van der Waals surface area contributed by atoms with Gasteiger partial charge < -0.3 is 9.73 Å². The summed E-state index contributed by atoms with van der Waals surface area (Å²) >= 11 is 5.31. The normalized spacial score (nSPS) is 10.6. The van der Waals surface area contributed by atoms with Crippen molar-refractivity contribution in [2.45, 2.75) is 13.3 Å². The number of aromatic nitrogens is 1. The number of thiocarbonyl (C=S) groups is 1. The van der Waals surface area contributed by atoms with E-state index in [1.165, 1.54) is 5.56 Å². The number of benzene rings is 2. The molecular weight excluding hydrogens is 396 g/mol. The molecule has 0 saturated heterocycles. The molecular formula is C23H20N4O2S. The molecule has 0 saturated carbocycles. The molecule has 4 aromatic rings. The number of para-hydroxylation sites is 1. The molecule has 6 nitrogen and oxygen atoms in total. The van der Waals surface area contributed by atoms with E-state index in [0.717, 1.165) is 17.5 Å². The number of furan rings is 1. The van der Waals surface area contributed by atoms with Gasteiger partial charge in [0.1, 0.15) is 5.69 Å². The summed E-state index contributed by atoms with van der Waals surface area (Å²) in [7, 11) is 0. The van der Waals surface area contributed by atoms with Crippen molar-refractivity contribution < 1.29 is 9.21 Å². The van der Waals surface area contributed by atoms with Gasteiger partial charge in [-0.1, -0.05) is 37.3 Å². The molecule has 3 N–H and O–H groups in total. The van der Waals surface area contributed by atoms with Crippen molar-refractivity contribution in [3.63, 3.8) is 0 Å². The van der Waals surface area contributed by atoms with Gasteiger partial charge in [-0.05, 0) is 60.6 Å². The van der Waals surface area contributed by atoms with Crippen LogP contribution in [0.15, 0.2) is 77.4 Å². The van der Waals surface area contributed by atoms with Crippen LogP contribution in [0, 0.1) is 0 Å². The van der Waals surface area contributed by atoms with Gasteiger partial charge in [0, 0.05) is 11.1 Å². The Hall–Kier alpha value is -3.71. The van der Waals surface area contributed by atoms with Crippen molar-refractivity contribution >= 4 is 39.8 Å². The summed E-state index contributed by atoms with van der Waals surface area (Å²) in [6, 6.07) is 20.7. The minimum atomic E-state index is -0.326. The third-order valence-corrected chi connectivity index (χ3v) is 4.82. The highest BCUT2D eigenvalue weighted by Gasteiger charge is 2.15. The van der Waals surface area contributed by atoms with E-state index in [0.29, 0.717) is 27.6 Å². The number of fused-ring (bicyclic) bond motifs is 1. The Morgan fingerprint density at radius 3 is 2.70 bits per heavy atom. The Kier molecular flexibility index (Phi) is 5.72. The van der Waals surface area contributed by atoms with E-state index in [2.05, 4.69) is 34.1 Å². The van der Waals surface area contributed by atoms with Crippen molar-refractivity contribution in [2.75, 3.05) is 5.32 Å². The van der Waals surface area contributed by atoms with Crippen LogP contribution >= 0.6 is 12.2 Å². The number of hydrogen-bond acceptors (Lipinski definition) is 4. The Morgan fingerprint density at radius 2 is 1.90 bits per heavy atom. The van der Waals surface area contributed by atoms with Gasteiger partial charge in [-0.15, -0.1) is 0 Å². The van der Waals surface area contributed by atoms with Crippen molar-refractivity contribution in [3.8, 4) is 11.5 Å². The van der Waals surface area contributed by atoms with E-state index in [1.54, 1.807) is 24.5 Å². The number of hydrazine groups is 1. The lowest BCUT2D eigenvalue weighted by atomic mass is 10.1. The molecule has 30 heavy (non-hydrogen) atoms. The predicted molar refractivity (Wildman–Crippen MR) is 122 cm³/mol. The van der Waals surface area contributed by atoms with Crippen molar-refractivity contribution in [1.82, 2.24) is 15.8 Å². The maximum Gasteiger partial charge on any atom is 0.270 e. The van der Waals surface area contributed by atoms with Crippen LogP contribution in [-0.4, -0.2) is 16.0 Å². The molecule has 1 amide bonds. The van der Waals surface area contributed by atoms with Gasteiger partial charge in [-0.2, -0.15) is 0 Å². The Morgan fingerprint density at radius 1 is 1.03 bits per heavy atom. The molecule has 0 aliphatic rings. The molecule has 150 valence electrons. The van der Waals surface area contributed by atoms with E-state index >= 15 is 0 Å². The first-order valence-corrected chi connectivity index (χ1v) is 9.95. The standard InChI is InChI=1S/C23H20N4O2S/c1-2-15-7-5-8-16(13-15)24-23(30)27-26-22(28)18-14-20(21-11-6-12-29-21)25-19-10-4-3-9-17(18)19/h3-14H,2H2,1H3,(H,26,28)(H2,24,27,30). The third-order valence-electron chi connectivity index (χ3n) is 4.62. The second-order valence-electron chi connectivity index (χ2n) is 6.64. The number of aryl methyl sites for hydroxylation is 1. The third kappa shape index (κ3) is 4.31. The molecule has 4 rings (SSSR count). The molecule has 0 spiro atoms. The quantitative estimate of drug-likeness (QED) is 0.331. The van der Waals surface area contributed by atoms with Gasteiger partial charge in [0.25, 0.3) is 5.91 Å². The highest BCUT2D eigenvalue weighted by atomic mass is 32.1. The van der Waals surface area contributed by atoms with Crippen LogP contribution in [0.1, 0.15) is 22.8 Å². The minimum absolute atomic E-state index is 0.293. The minimum Gasteiger partial charge on any atom is -0.463 e. The topological polar surface area (TPSA) is 79.2 Å². The second-order valence-corrected chi connectivity index (χ2v) is 7.04. The van der Waals surface area contributed by atoms with Crippen LogP contribution in [0.3, 0.4) is 0 Å². The summed E-state index contributed by atoms with van der Waals surface area (Å²) in [5, 5.41) is 4.10. The van der Waals surface area contributed by atoms with E-state index in [1.807, 2.05) is 42.5 Å². The summed E-state index contributed by atoms with van der Waals surface area (Å²) in [6.07, 6.45) is 2.50. The van der Waals surface area contributed by atoms with Gasteiger partial charge >= 0.3 is 0 Å². The van der Waals surface area contributed by atoms with Crippen molar-refractivity contribution in [1.29, 1.82) is 0 Å². The molecule has 0 atom stereocenters. The van der Waals surface area contributed by atoms with E-state index < -0.39 is 0 Å². The number of amides is 1. The van der Waals surface area contributed by atoms with Crippen LogP contribution < -0.4 is 16.2 Å². The SMILES string of the molecule is CCc1cccc(NC(=S)NNC(=O)c2cc(-c3ccco3)nc3ccccc23)c1. The largest absolute Gasteiger partial charge is 0.463 e. The summed E-state index contributed by atoms with van der Waals surface area (Å²) in [5.41, 5.74) is 9.23. The summed E-state index contributed by atoms with van der Waals surface area (Å²) in [5.74, 6) is 0.267. The molecule has 7 heteroatoms. The Labute approximate surface area is 179 Å². The fourth-order valence-electron chi connectivity index (χ4n) is 3.13. The maximum absolute atomic E-state index is 12.9. The Balaban J connectivity index is 1.52. The number of nitrogens with zero attached hydrogens (tertiary/aromatic N) is 1. The molecule has 2 heterocycles. The zero-order valence-electron chi connectivity index (χ0n) is 16.3. The fourth-order valence-corrected chi connectivity index (χ4v) is 3.29. The van der Waals surface area contributed by atoms with Crippen LogP contribution in [0.25, 0.3) is 22.4 Å². The first-order valence-electron chi connectivity index (χ1n) is 9.54. The zero-order valence-corrected chi connectivity index (χ0v) is 17.1. The first kappa shape index (κ1) is 19.6. The number of nitrogens with one attached hydrogen (secondary N) is 3. The molecule has 0 aliphatic heterocycles. The molecule has 2 aromatic carbocycles. The first-order chi connectivity index (χ1) is 14.6. The van der Waals surface area contributed by atoms with Crippen molar-refractivity contribution in [2.24, 2.45) is 0 Å². The van der Waals surface area contributed by atoms with E-state index in [4.69, 9.17) is 16.6 Å². The van der Waals surface area contributed by atoms with Crippen LogP contribution in [0.5, 0.6) is 0 Å². The average Bonchev–Trinajstić information content (AvgIpc) is 3.32. The van der Waals surface area contributed by atoms with Gasteiger partial charge in [0.05, 0.1) is 17.3 Å². The molecule has 0 fully saturated rings. The fraction of sp³-hybridized carbons (Fsp3) is 0.0870. The smallest absolute Gasteiger partial charge is 0.270 e. The maximum atomic E-state index is 12.9. The van der Waals surface area contributed by atoms with Gasteiger partial charge in [0.15, 0.2) is 10.9 Å². The van der Waals surface area contributed by atoms with Gasteiger partial charge in [0.2, 0.25) is 0 Å². The molecule has 0 aliphatic carbocycles. The van der Waals surface area contributed by atoms with Crippen LogP contribution in [-0.2, 0) is 6.42 Å². The number of rotatable bonds is 4. The summed E-state index contributed by atoms with van der Waals surface area (Å²) in [4.78, 5) is 17.5. The number of carbonyl (C=O) groups is 1. The summed E-state index contributed by atoms with van der Waals surface area (Å²) in [6.45, 7) is 2.09. The molecule has 0 bridgehead atoms. The van der Waals surface area contributed by atoms with E-state index in [-0.39, 0.29) is 5.91 Å². The molecule has 2 aromatic heterocycles. The monoisotopic (exact) mass is 416 g/mol. The number of anilines is 1. The van der Waals surface area contributed by atoms with Crippen LogP contribution in [0.4, 0.5) is 5.69 Å².